The van der Waals surface area contributed by atoms with Crippen molar-refractivity contribution < 1.29 is 23.9 Å². The number of aliphatic carboxylic acids is 1. The molecule has 1 unspecified atom stereocenters. The zero-order chi connectivity index (χ0) is 29.7. The summed E-state index contributed by atoms with van der Waals surface area (Å²) in [5.41, 5.74) is 3.42. The molecule has 10 heteroatoms. The van der Waals surface area contributed by atoms with Gasteiger partial charge in [-0.3, -0.25) is 9.59 Å². The molecule has 0 fully saturated rings. The number of furan rings is 1. The zero-order valence-corrected chi connectivity index (χ0v) is 25.2. The van der Waals surface area contributed by atoms with Gasteiger partial charge in [-0.15, -0.1) is 11.8 Å². The lowest BCUT2D eigenvalue weighted by Gasteiger charge is -2.30. The summed E-state index contributed by atoms with van der Waals surface area (Å²) in [4.78, 5) is 41.1. The van der Waals surface area contributed by atoms with Crippen molar-refractivity contribution in [2.24, 2.45) is 0 Å². The van der Waals surface area contributed by atoms with Crippen LogP contribution in [0.3, 0.4) is 0 Å². The molecule has 214 valence electrons. The minimum Gasteiger partial charge on any atom is -0.480 e. The summed E-state index contributed by atoms with van der Waals surface area (Å²) in [5, 5.41) is 13.5. The Morgan fingerprint density at radius 3 is 2.61 bits per heavy atom. The zero-order valence-electron chi connectivity index (χ0n) is 22.9. The molecular formula is C31H30Cl2N2O5S. The summed E-state index contributed by atoms with van der Waals surface area (Å²) in [7, 11) is 0. The molecule has 1 aliphatic rings. The van der Waals surface area contributed by atoms with Crippen molar-refractivity contribution in [3.05, 3.63) is 98.7 Å². The van der Waals surface area contributed by atoms with Crippen LogP contribution in [0.25, 0.3) is 11.0 Å². The first kappa shape index (κ1) is 30.5. The lowest BCUT2D eigenvalue weighted by atomic mass is 9.95. The van der Waals surface area contributed by atoms with Crippen molar-refractivity contribution >= 4 is 63.7 Å². The number of rotatable bonds is 7. The highest BCUT2D eigenvalue weighted by Crippen LogP contribution is 2.35. The van der Waals surface area contributed by atoms with Crippen LogP contribution in [0.2, 0.25) is 10.0 Å². The predicted octanol–water partition coefficient (Wildman–Crippen LogP) is 7.11. The van der Waals surface area contributed by atoms with E-state index in [2.05, 4.69) is 5.32 Å². The number of hydrogen-bond acceptors (Lipinski definition) is 5. The van der Waals surface area contributed by atoms with Crippen molar-refractivity contribution in [2.75, 3.05) is 12.8 Å². The molecule has 5 rings (SSSR count). The molecule has 0 saturated heterocycles. The molecule has 3 aromatic carbocycles. The minimum absolute atomic E-state index is 0.0317. The van der Waals surface area contributed by atoms with Crippen LogP contribution < -0.4 is 5.32 Å². The molecule has 0 saturated carbocycles. The third kappa shape index (κ3) is 6.72. The molecule has 2 N–H and O–H groups in total. The fraction of sp³-hybridized carbons (Fsp3) is 0.258. The molecule has 2 heterocycles. The molecule has 0 radical (unpaired) electrons. The van der Waals surface area contributed by atoms with E-state index >= 15 is 0 Å². The normalized spacial score (nSPS) is 13.1. The maximum absolute atomic E-state index is 13.2. The Bertz CT molecular complexity index is 1600. The molecule has 2 amide bonds. The molecule has 41 heavy (non-hydrogen) atoms. The third-order valence-electron chi connectivity index (χ3n) is 6.80. The number of nitrogens with zero attached hydrogens (tertiary/aromatic N) is 1. The van der Waals surface area contributed by atoms with E-state index in [4.69, 9.17) is 27.6 Å². The van der Waals surface area contributed by atoms with Gasteiger partial charge in [0, 0.05) is 35.4 Å². The largest absolute Gasteiger partial charge is 0.480 e. The van der Waals surface area contributed by atoms with Gasteiger partial charge in [0.2, 0.25) is 0 Å². The van der Waals surface area contributed by atoms with Crippen LogP contribution in [0.1, 0.15) is 51.3 Å². The van der Waals surface area contributed by atoms with Crippen molar-refractivity contribution in [3.63, 3.8) is 0 Å². The Hall–Kier alpha value is -3.46. The molecule has 0 aliphatic carbocycles. The number of carboxylic acid groups (broad SMARTS) is 1. The van der Waals surface area contributed by atoms with Crippen molar-refractivity contribution in [3.8, 4) is 0 Å². The molecule has 0 spiro atoms. The van der Waals surface area contributed by atoms with Crippen LogP contribution in [0, 0.1) is 0 Å². The van der Waals surface area contributed by atoms with Crippen molar-refractivity contribution in [1.82, 2.24) is 10.2 Å². The summed E-state index contributed by atoms with van der Waals surface area (Å²) in [6.07, 6.45) is 4.04. The van der Waals surface area contributed by atoms with Gasteiger partial charge in [0.15, 0.2) is 0 Å². The van der Waals surface area contributed by atoms with Crippen LogP contribution in [0.5, 0.6) is 0 Å². The second-order valence-corrected chi connectivity index (χ2v) is 10.9. The monoisotopic (exact) mass is 612 g/mol. The Labute approximate surface area is 252 Å². The predicted molar refractivity (Wildman–Crippen MR) is 163 cm³/mol. The number of carboxylic acids is 1. The number of carbonyl (C=O) groups excluding carboxylic acids is 2. The second-order valence-electron chi connectivity index (χ2n) is 9.25. The first-order chi connectivity index (χ1) is 19.7. The average molecular weight is 614 g/mol. The Morgan fingerprint density at radius 2 is 1.88 bits per heavy atom. The van der Waals surface area contributed by atoms with E-state index in [9.17, 15) is 19.5 Å². The smallest absolute Gasteiger partial charge is 0.326 e. The summed E-state index contributed by atoms with van der Waals surface area (Å²) in [6, 6.07) is 15.1. The number of hydrogen-bond donors (Lipinski definition) is 2. The fourth-order valence-corrected chi connectivity index (χ4v) is 6.02. The van der Waals surface area contributed by atoms with E-state index in [-0.39, 0.29) is 34.5 Å². The third-order valence-corrected chi connectivity index (χ3v) is 8.24. The topological polar surface area (TPSA) is 99.9 Å². The van der Waals surface area contributed by atoms with Crippen molar-refractivity contribution in [1.29, 1.82) is 0 Å². The van der Waals surface area contributed by atoms with Crippen LogP contribution in [0.15, 0.2) is 70.2 Å². The average Bonchev–Trinajstić information content (AvgIpc) is 3.45. The molecule has 1 aliphatic heterocycles. The number of nitrogens with one attached hydrogen (secondary N) is 1. The van der Waals surface area contributed by atoms with Gasteiger partial charge in [0.1, 0.15) is 11.6 Å². The number of thioether (sulfide) groups is 1. The van der Waals surface area contributed by atoms with Crippen LogP contribution >= 0.6 is 35.0 Å². The quantitative estimate of drug-likeness (QED) is 0.216. The Morgan fingerprint density at radius 1 is 1.10 bits per heavy atom. The number of carbonyl (C=O) groups is 3. The highest BCUT2D eigenvalue weighted by molar-refractivity contribution is 7.98. The molecular weight excluding hydrogens is 583 g/mol. The van der Waals surface area contributed by atoms with E-state index in [1.165, 1.54) is 0 Å². The van der Waals surface area contributed by atoms with Crippen LogP contribution in [-0.4, -0.2) is 46.6 Å². The second kappa shape index (κ2) is 13.5. The van der Waals surface area contributed by atoms with E-state index in [1.807, 2.05) is 56.5 Å². The Kier molecular flexibility index (Phi) is 10.0. The summed E-state index contributed by atoms with van der Waals surface area (Å²) >= 11 is 14.7. The fourth-order valence-electron chi connectivity index (χ4n) is 4.77. The minimum atomic E-state index is -1.17. The molecule has 7 nitrogen and oxygen atoms in total. The molecule has 1 aromatic heterocycles. The van der Waals surface area contributed by atoms with Crippen molar-refractivity contribution in [2.45, 2.75) is 44.2 Å². The number of fused-ring (bicyclic) bond motifs is 2. The van der Waals surface area contributed by atoms with Gasteiger partial charge < -0.3 is 19.7 Å². The number of benzene rings is 3. The van der Waals surface area contributed by atoms with Gasteiger partial charge in [0.25, 0.3) is 11.8 Å². The molecule has 1 atom stereocenters. The van der Waals surface area contributed by atoms with E-state index < -0.39 is 17.9 Å². The Balaban J connectivity index is 0.00000189. The summed E-state index contributed by atoms with van der Waals surface area (Å²) in [5.74, 6) is -1.97. The highest BCUT2D eigenvalue weighted by atomic mass is 35.5. The molecule has 0 bridgehead atoms. The van der Waals surface area contributed by atoms with Crippen LogP contribution in [-0.2, 0) is 24.2 Å². The van der Waals surface area contributed by atoms with Gasteiger partial charge in [-0.1, -0.05) is 55.2 Å². The highest BCUT2D eigenvalue weighted by Gasteiger charge is 2.30. The van der Waals surface area contributed by atoms with E-state index in [1.54, 1.807) is 41.1 Å². The van der Waals surface area contributed by atoms with Gasteiger partial charge in [-0.05, 0) is 65.8 Å². The van der Waals surface area contributed by atoms with Gasteiger partial charge in [-0.2, -0.15) is 0 Å². The maximum Gasteiger partial charge on any atom is 0.326 e. The number of amides is 2. The first-order valence-corrected chi connectivity index (χ1v) is 15.2. The van der Waals surface area contributed by atoms with E-state index in [0.717, 1.165) is 27.0 Å². The lowest BCUT2D eigenvalue weighted by Crippen LogP contribution is -2.42. The van der Waals surface area contributed by atoms with E-state index in [0.29, 0.717) is 24.1 Å². The maximum atomic E-state index is 13.2. The van der Waals surface area contributed by atoms with Gasteiger partial charge in [0.05, 0.1) is 21.9 Å². The standard InChI is InChI=1S/C29H24Cl2N2O5S.C2H6/c1-39-20-4-2-3-16(11-20)12-23(29(36)37)32-27(34)25-22(30)13-19-15-33(9-7-21(19)26(25)31)28(35)18-6-5-17-8-10-38-24(17)14-18;1-2/h2-6,8,10-11,13-14,23H,7,9,12,15H2,1H3,(H,32,34)(H,36,37);1-2H3. The number of halogens is 2. The summed E-state index contributed by atoms with van der Waals surface area (Å²) < 4.78 is 5.42. The van der Waals surface area contributed by atoms with Crippen LogP contribution in [0.4, 0.5) is 0 Å². The summed E-state index contributed by atoms with van der Waals surface area (Å²) in [6.45, 7) is 4.67. The molecule has 4 aromatic rings. The first-order valence-electron chi connectivity index (χ1n) is 13.2. The van der Waals surface area contributed by atoms with Gasteiger partial charge >= 0.3 is 5.97 Å². The van der Waals surface area contributed by atoms with Gasteiger partial charge in [-0.25, -0.2) is 4.79 Å². The SMILES string of the molecule is CC.CSc1cccc(CC(NC(=O)c2c(Cl)cc3c(c2Cl)CCN(C(=O)c2ccc4ccoc4c2)C3)C(=O)O)c1. The lowest BCUT2D eigenvalue weighted by molar-refractivity contribution is -0.139.